The molecule has 5 rings (SSSR count). The third kappa shape index (κ3) is 7.39. The number of hydrogen-bond donors (Lipinski definition) is 1. The van der Waals surface area contributed by atoms with Gasteiger partial charge in [0.2, 0.25) is 0 Å². The fourth-order valence-corrected chi connectivity index (χ4v) is 6.97. The molecule has 0 spiro atoms. The van der Waals surface area contributed by atoms with Crippen LogP contribution in [-0.4, -0.2) is 41.8 Å². The van der Waals surface area contributed by atoms with Crippen molar-refractivity contribution < 1.29 is 50.5 Å². The lowest BCUT2D eigenvalue weighted by molar-refractivity contribution is -0.138. The number of hydrogen-bond acceptors (Lipinski definition) is 4. The number of carboxylic acid groups (broad SMARTS) is 1. The van der Waals surface area contributed by atoms with Crippen molar-refractivity contribution >= 4 is 29.2 Å². The number of carbonyl (C=O) groups excluding carboxylic acids is 1. The van der Waals surface area contributed by atoms with E-state index in [9.17, 15) is 41.0 Å². The van der Waals surface area contributed by atoms with Gasteiger partial charge in [-0.2, -0.15) is 26.3 Å². The number of aromatic carboxylic acids is 1. The lowest BCUT2D eigenvalue weighted by Gasteiger charge is -2.36. The lowest BCUT2D eigenvalue weighted by Crippen LogP contribution is -2.35. The van der Waals surface area contributed by atoms with E-state index in [-0.39, 0.29) is 45.0 Å². The molecule has 262 valence electrons. The van der Waals surface area contributed by atoms with E-state index in [4.69, 9.17) is 21.1 Å². The number of halogens is 7. The first-order valence-electron chi connectivity index (χ1n) is 15.4. The fraction of sp³-hybridized carbons (Fsp3) is 0.389. The Balaban J connectivity index is 1.62. The van der Waals surface area contributed by atoms with Crippen LogP contribution in [0.4, 0.5) is 31.1 Å². The highest BCUT2D eigenvalue weighted by Gasteiger charge is 2.43. The number of ether oxygens (including phenoxy) is 2. The molecule has 1 fully saturated rings. The van der Waals surface area contributed by atoms with Crippen LogP contribution in [0.5, 0.6) is 5.75 Å². The van der Waals surface area contributed by atoms with Gasteiger partial charge in [0.1, 0.15) is 11.9 Å². The first-order chi connectivity index (χ1) is 22.7. The highest BCUT2D eigenvalue weighted by molar-refractivity contribution is 6.33. The second kappa shape index (κ2) is 12.9. The van der Waals surface area contributed by atoms with Crippen molar-refractivity contribution in [2.24, 2.45) is 5.41 Å². The third-order valence-electron chi connectivity index (χ3n) is 9.16. The number of amides is 1. The van der Waals surface area contributed by atoms with E-state index in [1.54, 1.807) is 13.0 Å². The predicted octanol–water partition coefficient (Wildman–Crippen LogP) is 10.6. The van der Waals surface area contributed by atoms with Crippen molar-refractivity contribution in [1.29, 1.82) is 0 Å². The monoisotopic (exact) mass is 709 g/mol. The highest BCUT2D eigenvalue weighted by Crippen LogP contribution is 2.49. The molecule has 1 saturated heterocycles. The summed E-state index contributed by atoms with van der Waals surface area (Å²) in [6, 6.07) is 8.68. The average molecular weight is 710 g/mol. The van der Waals surface area contributed by atoms with Crippen molar-refractivity contribution in [2.75, 3.05) is 13.7 Å². The van der Waals surface area contributed by atoms with Gasteiger partial charge >= 0.3 is 24.4 Å². The summed E-state index contributed by atoms with van der Waals surface area (Å²) in [5.74, 6) is -1.38. The summed E-state index contributed by atoms with van der Waals surface area (Å²) < 4.78 is 95.3. The number of alkyl halides is 6. The summed E-state index contributed by atoms with van der Waals surface area (Å²) in [6.07, 6.45) is -9.56. The Bertz CT molecular complexity index is 1850. The van der Waals surface area contributed by atoms with E-state index in [1.807, 2.05) is 13.8 Å². The molecule has 1 aliphatic heterocycles. The minimum absolute atomic E-state index is 0.0197. The molecule has 0 aromatic heterocycles. The molecule has 1 amide bonds. The van der Waals surface area contributed by atoms with Gasteiger partial charge in [0, 0.05) is 12.1 Å². The smallest absolute Gasteiger partial charge is 0.417 e. The molecule has 0 radical (unpaired) electrons. The van der Waals surface area contributed by atoms with Crippen molar-refractivity contribution in [3.05, 3.63) is 92.5 Å². The van der Waals surface area contributed by atoms with Gasteiger partial charge in [0.25, 0.3) is 0 Å². The number of methoxy groups -OCH3 is 1. The summed E-state index contributed by atoms with van der Waals surface area (Å²) in [6.45, 7) is 7.29. The van der Waals surface area contributed by atoms with E-state index < -0.39 is 47.7 Å². The van der Waals surface area contributed by atoms with Gasteiger partial charge in [-0.1, -0.05) is 43.1 Å². The number of carboxylic acids is 1. The third-order valence-corrected chi connectivity index (χ3v) is 9.47. The first kappa shape index (κ1) is 36.1. The Kier molecular flexibility index (Phi) is 9.52. The normalized spacial score (nSPS) is 19.7. The number of aryl methyl sites for hydroxylation is 1. The van der Waals surface area contributed by atoms with Gasteiger partial charge in [-0.05, 0) is 103 Å². The molecule has 6 nitrogen and oxygen atoms in total. The molecular weight excluding hydrogens is 676 g/mol. The fourth-order valence-electron chi connectivity index (χ4n) is 6.71. The Hall–Kier alpha value is -4.19. The molecule has 2 aliphatic rings. The Morgan fingerprint density at radius 2 is 1.73 bits per heavy atom. The molecule has 13 heteroatoms. The standard InChI is InChI=1S/C36H34ClF6NO5/c1-18-10-21(12-23(11-18)35(38,39)40)31-19(2)44(33(47)49-31)17-22-16-34(3,4)9-8-24(22)27-14-26(28(36(41,42)43)15-30(27)48-5)20-6-7-25(32(45)46)29(37)13-20/h6-7,10-15,19,31H,8-9,16-17H2,1-5H3,(H,45,46)/t19-,31-/m0/s1. The molecule has 1 N–H and O–H groups in total. The Morgan fingerprint density at radius 3 is 2.33 bits per heavy atom. The second-order valence-electron chi connectivity index (χ2n) is 13.3. The van der Waals surface area contributed by atoms with Gasteiger partial charge in [-0.15, -0.1) is 0 Å². The molecule has 49 heavy (non-hydrogen) atoms. The zero-order chi connectivity index (χ0) is 36.2. The van der Waals surface area contributed by atoms with Crippen LogP contribution in [0, 0.1) is 12.3 Å². The second-order valence-corrected chi connectivity index (χ2v) is 13.7. The van der Waals surface area contributed by atoms with Crippen molar-refractivity contribution in [3.8, 4) is 16.9 Å². The predicted molar refractivity (Wildman–Crippen MR) is 172 cm³/mol. The maximum Gasteiger partial charge on any atom is 0.417 e. The van der Waals surface area contributed by atoms with Crippen LogP contribution in [0.3, 0.4) is 0 Å². The van der Waals surface area contributed by atoms with Gasteiger partial charge < -0.3 is 14.6 Å². The van der Waals surface area contributed by atoms with Crippen LogP contribution < -0.4 is 4.74 Å². The topological polar surface area (TPSA) is 76.1 Å². The molecule has 0 bridgehead atoms. The molecule has 3 aromatic rings. The van der Waals surface area contributed by atoms with Crippen LogP contribution in [0.25, 0.3) is 16.7 Å². The number of nitrogens with zero attached hydrogens (tertiary/aromatic N) is 1. The number of cyclic esters (lactones) is 1. The van der Waals surface area contributed by atoms with Crippen molar-refractivity contribution in [1.82, 2.24) is 4.90 Å². The zero-order valence-corrected chi connectivity index (χ0v) is 28.0. The van der Waals surface area contributed by atoms with E-state index >= 15 is 0 Å². The Morgan fingerprint density at radius 1 is 1.04 bits per heavy atom. The first-order valence-corrected chi connectivity index (χ1v) is 15.8. The van der Waals surface area contributed by atoms with Crippen LogP contribution >= 0.6 is 11.6 Å². The van der Waals surface area contributed by atoms with Crippen LogP contribution in [0.1, 0.15) is 84.3 Å². The number of allylic oxidation sites excluding steroid dienone is 1. The molecular formula is C36H34ClF6NO5. The summed E-state index contributed by atoms with van der Waals surface area (Å²) in [5, 5.41) is 9.15. The van der Waals surface area contributed by atoms with Gasteiger partial charge in [-0.25, -0.2) is 9.59 Å². The highest BCUT2D eigenvalue weighted by atomic mass is 35.5. The summed E-state index contributed by atoms with van der Waals surface area (Å²) in [7, 11) is 1.26. The van der Waals surface area contributed by atoms with Gasteiger partial charge in [-0.3, -0.25) is 4.90 Å². The van der Waals surface area contributed by atoms with Crippen LogP contribution in [0.15, 0.2) is 54.1 Å². The molecule has 0 unspecified atom stereocenters. The summed E-state index contributed by atoms with van der Waals surface area (Å²) >= 11 is 6.16. The number of rotatable bonds is 7. The summed E-state index contributed by atoms with van der Waals surface area (Å²) in [4.78, 5) is 26.2. The number of carbonyl (C=O) groups is 2. The zero-order valence-electron chi connectivity index (χ0n) is 27.3. The molecule has 0 saturated carbocycles. The van der Waals surface area contributed by atoms with E-state index in [1.165, 1.54) is 37.1 Å². The van der Waals surface area contributed by atoms with Crippen molar-refractivity contribution in [3.63, 3.8) is 0 Å². The molecule has 1 heterocycles. The molecule has 3 aromatic carbocycles. The quantitative estimate of drug-likeness (QED) is 0.247. The van der Waals surface area contributed by atoms with Crippen molar-refractivity contribution in [2.45, 2.75) is 71.5 Å². The molecule has 1 aliphatic carbocycles. The SMILES string of the molecule is COc1cc(C(F)(F)F)c(-c2ccc(C(=O)O)c(Cl)c2)cc1C1=C(CN2C(=O)O[C@H](c3cc(C)cc(C(F)(F)F)c3)[C@@H]2C)CC(C)(C)CC1. The summed E-state index contributed by atoms with van der Waals surface area (Å²) in [5.41, 5.74) is -0.253. The van der Waals surface area contributed by atoms with Crippen LogP contribution in [0.2, 0.25) is 5.02 Å². The van der Waals surface area contributed by atoms with E-state index in [0.717, 1.165) is 29.8 Å². The van der Waals surface area contributed by atoms with Gasteiger partial charge in [0.15, 0.2) is 0 Å². The van der Waals surface area contributed by atoms with E-state index in [2.05, 4.69) is 0 Å². The van der Waals surface area contributed by atoms with Crippen LogP contribution in [-0.2, 0) is 17.1 Å². The van der Waals surface area contributed by atoms with E-state index in [0.29, 0.717) is 36.0 Å². The minimum atomic E-state index is -4.81. The largest absolute Gasteiger partial charge is 0.496 e. The maximum atomic E-state index is 14.4. The van der Waals surface area contributed by atoms with Gasteiger partial charge in [0.05, 0.1) is 34.9 Å². The minimum Gasteiger partial charge on any atom is -0.496 e. The Labute approximate surface area is 284 Å². The number of benzene rings is 3. The lowest BCUT2D eigenvalue weighted by atomic mass is 9.72. The average Bonchev–Trinajstić information content (AvgIpc) is 3.27. The molecule has 2 atom stereocenters. The maximum absolute atomic E-state index is 14.4.